The topological polar surface area (TPSA) is 66.5 Å². The van der Waals surface area contributed by atoms with Crippen LogP contribution in [0.5, 0.6) is 0 Å². The highest BCUT2D eigenvalue weighted by molar-refractivity contribution is 14.0. The van der Waals surface area contributed by atoms with Gasteiger partial charge in [0.05, 0.1) is 12.2 Å². The molecule has 0 amide bonds. The van der Waals surface area contributed by atoms with Gasteiger partial charge in [0.15, 0.2) is 5.96 Å². The summed E-state index contributed by atoms with van der Waals surface area (Å²) >= 11 is 0. The van der Waals surface area contributed by atoms with E-state index in [1.807, 2.05) is 37.2 Å². The Morgan fingerprint density at radius 1 is 1.08 bits per heavy atom. The smallest absolute Gasteiger partial charge is 0.193 e. The second-order valence-corrected chi connectivity index (χ2v) is 5.87. The van der Waals surface area contributed by atoms with Crippen LogP contribution in [0.2, 0.25) is 0 Å². The number of pyridine rings is 1. The summed E-state index contributed by atoms with van der Waals surface area (Å²) in [4.78, 5) is 11.0. The van der Waals surface area contributed by atoms with E-state index < -0.39 is 0 Å². The number of benzene rings is 1. The molecule has 0 fully saturated rings. The molecule has 0 aliphatic rings. The second-order valence-electron chi connectivity index (χ2n) is 5.87. The van der Waals surface area contributed by atoms with E-state index in [2.05, 4.69) is 47.3 Å². The molecule has 5 nitrogen and oxygen atoms in total. The van der Waals surface area contributed by atoms with Gasteiger partial charge < -0.3 is 16.0 Å². The Morgan fingerprint density at radius 2 is 1.68 bits per heavy atom. The van der Waals surface area contributed by atoms with Crippen LogP contribution >= 0.6 is 24.0 Å². The Kier molecular flexibility index (Phi) is 8.68. The van der Waals surface area contributed by atoms with E-state index in [1.54, 1.807) is 0 Å². The Labute approximate surface area is 167 Å². The molecule has 0 saturated carbocycles. The molecule has 0 bridgehead atoms. The molecule has 25 heavy (non-hydrogen) atoms. The van der Waals surface area contributed by atoms with Crippen molar-refractivity contribution in [3.8, 4) is 0 Å². The van der Waals surface area contributed by atoms with Crippen LogP contribution < -0.4 is 16.0 Å². The zero-order valence-corrected chi connectivity index (χ0v) is 17.7. The summed E-state index contributed by atoms with van der Waals surface area (Å²) in [7, 11) is 3.94. The van der Waals surface area contributed by atoms with Crippen molar-refractivity contribution in [2.24, 2.45) is 10.7 Å². The summed E-state index contributed by atoms with van der Waals surface area (Å²) in [6.45, 7) is 4.74. The summed E-state index contributed by atoms with van der Waals surface area (Å²) in [6.07, 6.45) is 1.91. The molecule has 0 unspecified atom stereocenters. The second kappa shape index (κ2) is 10.2. The molecule has 0 atom stereocenters. The number of nitrogens with zero attached hydrogens (tertiary/aromatic N) is 3. The number of hydrogen-bond acceptors (Lipinski definition) is 3. The summed E-state index contributed by atoms with van der Waals surface area (Å²) in [5, 5.41) is 3.28. The van der Waals surface area contributed by atoms with E-state index in [0.717, 1.165) is 30.0 Å². The summed E-state index contributed by atoms with van der Waals surface area (Å²) in [5.41, 5.74) is 10.6. The van der Waals surface area contributed by atoms with E-state index in [1.165, 1.54) is 11.1 Å². The van der Waals surface area contributed by atoms with Gasteiger partial charge in [-0.1, -0.05) is 38.1 Å². The first kappa shape index (κ1) is 21.2. The van der Waals surface area contributed by atoms with Gasteiger partial charge in [0.1, 0.15) is 5.82 Å². The van der Waals surface area contributed by atoms with Crippen LogP contribution in [0.25, 0.3) is 0 Å². The van der Waals surface area contributed by atoms with Crippen molar-refractivity contribution in [3.63, 3.8) is 0 Å². The lowest BCUT2D eigenvalue weighted by Crippen LogP contribution is -2.24. The molecule has 1 aromatic carbocycles. The number of anilines is 2. The average Bonchev–Trinajstić information content (AvgIpc) is 2.60. The molecular weight excluding hydrogens is 425 g/mol. The standard InChI is InChI=1S/C19H27N5.HI/c1-5-14-9-7-10-15(6-2)18(14)23-19(20)21-13-16-11-8-12-17(22-16)24(3)4;/h7-12H,5-6,13H2,1-4H3,(H3,20,21,23);1H. The lowest BCUT2D eigenvalue weighted by Gasteiger charge is -2.15. The Morgan fingerprint density at radius 3 is 2.24 bits per heavy atom. The number of nitrogens with one attached hydrogen (secondary N) is 1. The van der Waals surface area contributed by atoms with Gasteiger partial charge in [-0.15, -0.1) is 24.0 Å². The zero-order chi connectivity index (χ0) is 17.5. The minimum Gasteiger partial charge on any atom is -0.370 e. The van der Waals surface area contributed by atoms with E-state index in [0.29, 0.717) is 12.5 Å². The first-order valence-corrected chi connectivity index (χ1v) is 8.36. The van der Waals surface area contributed by atoms with Gasteiger partial charge in [0.2, 0.25) is 0 Å². The number of rotatable bonds is 6. The highest BCUT2D eigenvalue weighted by Gasteiger charge is 2.07. The number of guanidine groups is 1. The maximum absolute atomic E-state index is 6.10. The van der Waals surface area contributed by atoms with Crippen LogP contribution in [0.15, 0.2) is 41.4 Å². The molecule has 1 aromatic heterocycles. The fourth-order valence-corrected chi connectivity index (χ4v) is 2.54. The molecule has 0 radical (unpaired) electrons. The van der Waals surface area contributed by atoms with Crippen molar-refractivity contribution in [2.45, 2.75) is 33.2 Å². The van der Waals surface area contributed by atoms with Crippen molar-refractivity contribution in [3.05, 3.63) is 53.2 Å². The predicted octanol–water partition coefficient (Wildman–Crippen LogP) is 3.82. The summed E-state index contributed by atoms with van der Waals surface area (Å²) < 4.78 is 0. The van der Waals surface area contributed by atoms with E-state index in [-0.39, 0.29) is 24.0 Å². The Hall–Kier alpha value is -1.83. The van der Waals surface area contributed by atoms with E-state index >= 15 is 0 Å². The number of hydrogen-bond donors (Lipinski definition) is 2. The molecule has 0 aliphatic heterocycles. The van der Waals surface area contributed by atoms with E-state index in [9.17, 15) is 0 Å². The van der Waals surface area contributed by atoms with Gasteiger partial charge in [-0.2, -0.15) is 0 Å². The van der Waals surface area contributed by atoms with Crippen molar-refractivity contribution < 1.29 is 0 Å². The average molecular weight is 453 g/mol. The van der Waals surface area contributed by atoms with Gasteiger partial charge in [-0.3, -0.25) is 0 Å². The van der Waals surface area contributed by atoms with Crippen LogP contribution in [0.3, 0.4) is 0 Å². The van der Waals surface area contributed by atoms with Gasteiger partial charge in [0.25, 0.3) is 0 Å². The van der Waals surface area contributed by atoms with Crippen molar-refractivity contribution >= 4 is 41.4 Å². The van der Waals surface area contributed by atoms with Crippen molar-refractivity contribution in [1.29, 1.82) is 0 Å². The molecule has 0 spiro atoms. The molecule has 3 N–H and O–H groups in total. The molecule has 0 saturated heterocycles. The molecule has 0 aliphatic carbocycles. The number of aromatic nitrogens is 1. The number of aryl methyl sites for hydroxylation is 2. The first-order chi connectivity index (χ1) is 11.5. The predicted molar refractivity (Wildman–Crippen MR) is 118 cm³/mol. The summed E-state index contributed by atoms with van der Waals surface area (Å²) in [6, 6.07) is 12.3. The van der Waals surface area contributed by atoms with Gasteiger partial charge in [-0.05, 0) is 36.1 Å². The van der Waals surface area contributed by atoms with Crippen LogP contribution in [-0.4, -0.2) is 25.0 Å². The van der Waals surface area contributed by atoms with Crippen molar-refractivity contribution in [2.75, 3.05) is 24.3 Å². The van der Waals surface area contributed by atoms with Gasteiger partial charge in [-0.25, -0.2) is 9.98 Å². The van der Waals surface area contributed by atoms with Gasteiger partial charge in [0, 0.05) is 19.8 Å². The van der Waals surface area contributed by atoms with Crippen LogP contribution in [0.1, 0.15) is 30.7 Å². The van der Waals surface area contributed by atoms with Crippen molar-refractivity contribution in [1.82, 2.24) is 4.98 Å². The fourth-order valence-electron chi connectivity index (χ4n) is 2.54. The fraction of sp³-hybridized carbons (Fsp3) is 0.368. The third kappa shape index (κ3) is 5.88. The van der Waals surface area contributed by atoms with Crippen LogP contribution in [0, 0.1) is 0 Å². The van der Waals surface area contributed by atoms with Crippen LogP contribution in [-0.2, 0) is 19.4 Å². The number of nitrogens with two attached hydrogens (primary N) is 1. The molecule has 136 valence electrons. The molecule has 2 aromatic rings. The maximum atomic E-state index is 6.10. The number of para-hydroxylation sites is 1. The normalized spacial score (nSPS) is 11.0. The lowest BCUT2D eigenvalue weighted by molar-refractivity contribution is 0.958. The molecular formula is C19H28IN5. The maximum Gasteiger partial charge on any atom is 0.193 e. The number of halogens is 1. The minimum atomic E-state index is 0. The highest BCUT2D eigenvalue weighted by atomic mass is 127. The Bertz CT molecular complexity index is 690. The molecule has 2 rings (SSSR count). The van der Waals surface area contributed by atoms with Gasteiger partial charge >= 0.3 is 0 Å². The zero-order valence-electron chi connectivity index (χ0n) is 15.4. The molecule has 1 heterocycles. The minimum absolute atomic E-state index is 0. The third-order valence-corrected chi connectivity index (χ3v) is 3.91. The SMILES string of the molecule is CCc1cccc(CC)c1NC(N)=NCc1cccc(N(C)C)n1.I. The summed E-state index contributed by atoms with van der Waals surface area (Å²) in [5.74, 6) is 1.33. The lowest BCUT2D eigenvalue weighted by atomic mass is 10.0. The Balaban J connectivity index is 0.00000312. The van der Waals surface area contributed by atoms with Crippen LogP contribution in [0.4, 0.5) is 11.5 Å². The highest BCUT2D eigenvalue weighted by Crippen LogP contribution is 2.22. The number of aliphatic imine (C=N–C) groups is 1. The van der Waals surface area contributed by atoms with E-state index in [4.69, 9.17) is 5.73 Å². The first-order valence-electron chi connectivity index (χ1n) is 8.36. The third-order valence-electron chi connectivity index (χ3n) is 3.91. The largest absolute Gasteiger partial charge is 0.370 e. The quantitative estimate of drug-likeness (QED) is 0.397. The molecule has 6 heteroatoms. The monoisotopic (exact) mass is 453 g/mol.